The van der Waals surface area contributed by atoms with Crippen LogP contribution in [0.25, 0.3) is 32.2 Å². The highest BCUT2D eigenvalue weighted by Gasteiger charge is 2.25. The Bertz CT molecular complexity index is 1970. The minimum absolute atomic E-state index is 0.125. The number of carbonyl (C=O) groups is 1. The maximum Gasteiger partial charge on any atom is 0.338 e. The standard InChI is InChI=1S/C30H26ClN5O4S/c1-15-10-19(26-25(34-15)21(14-41-26)29(38)39)18-11-17(31)6-7-23(18)40-9-8-36-16(2)35-22-13-33-27(30(3,4)5)20(12-32)24(22)28(36)37/h6-7,10-11,13-14H,8-9H2,1-5H3,(H,38,39). The summed E-state index contributed by atoms with van der Waals surface area (Å²) < 4.78 is 8.40. The number of carboxylic acid groups (broad SMARTS) is 1. The summed E-state index contributed by atoms with van der Waals surface area (Å²) in [5, 5.41) is 21.9. The number of benzene rings is 1. The fraction of sp³-hybridized carbons (Fsp3) is 0.267. The Balaban J connectivity index is 1.53. The molecule has 0 spiro atoms. The normalized spacial score (nSPS) is 11.6. The SMILES string of the molecule is Cc1cc(-c2cc(Cl)ccc2OCCn2c(C)nc3cnc(C(C)(C)C)c(C#N)c3c2=O)c2scc(C(=O)O)c2n1. The number of fused-ring (bicyclic) bond motifs is 2. The maximum absolute atomic E-state index is 13.6. The highest BCUT2D eigenvalue weighted by molar-refractivity contribution is 7.18. The van der Waals surface area contributed by atoms with E-state index in [4.69, 9.17) is 16.3 Å². The van der Waals surface area contributed by atoms with Crippen LogP contribution >= 0.6 is 22.9 Å². The summed E-state index contributed by atoms with van der Waals surface area (Å²) in [7, 11) is 0. The van der Waals surface area contributed by atoms with Gasteiger partial charge in [-0.15, -0.1) is 11.3 Å². The largest absolute Gasteiger partial charge is 0.491 e. The molecular formula is C30H26ClN5O4S. The first-order valence-corrected chi connectivity index (χ1v) is 14.0. The van der Waals surface area contributed by atoms with Gasteiger partial charge in [0.1, 0.15) is 24.3 Å². The van der Waals surface area contributed by atoms with E-state index in [1.807, 2.05) is 26.8 Å². The predicted molar refractivity (Wildman–Crippen MR) is 159 cm³/mol. The molecule has 5 aromatic rings. The van der Waals surface area contributed by atoms with Crippen LogP contribution in [-0.2, 0) is 12.0 Å². The van der Waals surface area contributed by atoms with Gasteiger partial charge in [0.05, 0.1) is 50.7 Å². The Hall–Kier alpha value is -4.33. The van der Waals surface area contributed by atoms with E-state index in [2.05, 4.69) is 21.0 Å². The average molecular weight is 588 g/mol. The van der Waals surface area contributed by atoms with Crippen LogP contribution in [0.1, 0.15) is 53.9 Å². The Morgan fingerprint density at radius 1 is 1.20 bits per heavy atom. The Morgan fingerprint density at radius 3 is 2.63 bits per heavy atom. The van der Waals surface area contributed by atoms with Crippen molar-refractivity contribution in [1.82, 2.24) is 19.5 Å². The summed E-state index contributed by atoms with van der Waals surface area (Å²) in [4.78, 5) is 38.8. The molecule has 1 N–H and O–H groups in total. The molecule has 11 heteroatoms. The van der Waals surface area contributed by atoms with Gasteiger partial charge in [0.15, 0.2) is 0 Å². The summed E-state index contributed by atoms with van der Waals surface area (Å²) >= 11 is 7.66. The van der Waals surface area contributed by atoms with Crippen LogP contribution in [0, 0.1) is 25.2 Å². The third-order valence-corrected chi connectivity index (χ3v) is 7.94. The molecule has 0 aliphatic heterocycles. The zero-order valence-corrected chi connectivity index (χ0v) is 24.6. The van der Waals surface area contributed by atoms with Gasteiger partial charge >= 0.3 is 5.97 Å². The summed E-state index contributed by atoms with van der Waals surface area (Å²) in [6, 6.07) is 9.26. The van der Waals surface area contributed by atoms with E-state index in [9.17, 15) is 20.0 Å². The summed E-state index contributed by atoms with van der Waals surface area (Å²) in [5.74, 6) is -0.0523. The molecule has 0 aliphatic rings. The van der Waals surface area contributed by atoms with E-state index in [0.29, 0.717) is 49.3 Å². The maximum atomic E-state index is 13.6. The van der Waals surface area contributed by atoms with Gasteiger partial charge in [-0.1, -0.05) is 32.4 Å². The molecule has 208 valence electrons. The number of hydrogen-bond donors (Lipinski definition) is 1. The van der Waals surface area contributed by atoms with Gasteiger partial charge in [-0.25, -0.2) is 9.78 Å². The molecule has 0 unspecified atom stereocenters. The third-order valence-electron chi connectivity index (χ3n) is 6.70. The van der Waals surface area contributed by atoms with Crippen molar-refractivity contribution < 1.29 is 14.6 Å². The van der Waals surface area contributed by atoms with Gasteiger partial charge in [0, 0.05) is 32.6 Å². The minimum atomic E-state index is -1.04. The fourth-order valence-electron chi connectivity index (χ4n) is 4.83. The number of ether oxygens (including phenoxy) is 1. The second-order valence-electron chi connectivity index (χ2n) is 10.7. The lowest BCUT2D eigenvalue weighted by Crippen LogP contribution is -2.28. The number of hydrogen-bond acceptors (Lipinski definition) is 8. The van der Waals surface area contributed by atoms with Crippen LogP contribution in [-0.4, -0.2) is 37.2 Å². The van der Waals surface area contributed by atoms with Crippen LogP contribution < -0.4 is 10.3 Å². The Kier molecular flexibility index (Phi) is 7.28. The van der Waals surface area contributed by atoms with Crippen molar-refractivity contribution in [2.75, 3.05) is 6.61 Å². The van der Waals surface area contributed by atoms with E-state index in [0.717, 1.165) is 5.56 Å². The van der Waals surface area contributed by atoms with Crippen LogP contribution in [0.2, 0.25) is 5.02 Å². The van der Waals surface area contributed by atoms with Crippen molar-refractivity contribution in [2.24, 2.45) is 0 Å². The summed E-state index contributed by atoms with van der Waals surface area (Å²) in [6.07, 6.45) is 1.55. The van der Waals surface area contributed by atoms with Crippen LogP contribution in [0.15, 0.2) is 40.6 Å². The first-order chi connectivity index (χ1) is 19.4. The second-order valence-corrected chi connectivity index (χ2v) is 12.0. The lowest BCUT2D eigenvalue weighted by Gasteiger charge is -2.20. The molecule has 4 aromatic heterocycles. The van der Waals surface area contributed by atoms with Crippen LogP contribution in [0.3, 0.4) is 0 Å². The van der Waals surface area contributed by atoms with E-state index in [-0.39, 0.29) is 35.2 Å². The zero-order chi connectivity index (χ0) is 29.6. The highest BCUT2D eigenvalue weighted by atomic mass is 35.5. The molecule has 41 heavy (non-hydrogen) atoms. The van der Waals surface area contributed by atoms with E-state index < -0.39 is 11.4 Å². The van der Waals surface area contributed by atoms with Gasteiger partial charge < -0.3 is 9.84 Å². The van der Waals surface area contributed by atoms with Gasteiger partial charge in [-0.2, -0.15) is 5.26 Å². The molecule has 0 atom stereocenters. The van der Waals surface area contributed by atoms with Crippen LogP contribution in [0.5, 0.6) is 5.75 Å². The smallest absolute Gasteiger partial charge is 0.338 e. The number of pyridine rings is 2. The van der Waals surface area contributed by atoms with Crippen molar-refractivity contribution in [3.63, 3.8) is 0 Å². The van der Waals surface area contributed by atoms with E-state index >= 15 is 0 Å². The van der Waals surface area contributed by atoms with E-state index in [1.165, 1.54) is 15.9 Å². The van der Waals surface area contributed by atoms with Gasteiger partial charge in [-0.05, 0) is 38.1 Å². The highest BCUT2D eigenvalue weighted by Crippen LogP contribution is 2.40. The lowest BCUT2D eigenvalue weighted by atomic mass is 9.87. The average Bonchev–Trinajstić information content (AvgIpc) is 3.33. The molecule has 0 saturated carbocycles. The van der Waals surface area contributed by atoms with Crippen molar-refractivity contribution in [2.45, 2.75) is 46.6 Å². The second kappa shape index (κ2) is 10.6. The fourth-order valence-corrected chi connectivity index (χ4v) is 6.02. The topological polar surface area (TPSA) is 131 Å². The third kappa shape index (κ3) is 5.14. The van der Waals surface area contributed by atoms with Crippen molar-refractivity contribution in [3.8, 4) is 22.9 Å². The molecule has 9 nitrogen and oxygen atoms in total. The molecule has 0 radical (unpaired) electrons. The predicted octanol–water partition coefficient (Wildman–Crippen LogP) is 6.28. The molecule has 0 saturated heterocycles. The molecular weight excluding hydrogens is 562 g/mol. The number of nitrogens with zero attached hydrogens (tertiary/aromatic N) is 5. The molecule has 0 fully saturated rings. The van der Waals surface area contributed by atoms with Gasteiger partial charge in [0.2, 0.25) is 0 Å². The zero-order valence-electron chi connectivity index (χ0n) is 23.1. The summed E-state index contributed by atoms with van der Waals surface area (Å²) in [5.41, 5.74) is 3.03. The number of thiophene rings is 1. The Labute approximate surface area is 244 Å². The monoisotopic (exact) mass is 587 g/mol. The first kappa shape index (κ1) is 28.2. The number of aryl methyl sites for hydroxylation is 2. The quantitative estimate of drug-likeness (QED) is 0.245. The Morgan fingerprint density at radius 2 is 1.95 bits per heavy atom. The molecule has 1 aromatic carbocycles. The minimum Gasteiger partial charge on any atom is -0.491 e. The number of rotatable bonds is 6. The summed E-state index contributed by atoms with van der Waals surface area (Å²) in [6.45, 7) is 9.66. The van der Waals surface area contributed by atoms with E-state index in [1.54, 1.807) is 43.6 Å². The van der Waals surface area contributed by atoms with Gasteiger partial charge in [-0.3, -0.25) is 19.3 Å². The lowest BCUT2D eigenvalue weighted by molar-refractivity contribution is 0.0699. The van der Waals surface area contributed by atoms with Gasteiger partial charge in [0.25, 0.3) is 5.56 Å². The first-order valence-electron chi connectivity index (χ1n) is 12.8. The van der Waals surface area contributed by atoms with Crippen molar-refractivity contribution in [3.05, 3.63) is 79.6 Å². The molecule has 4 heterocycles. The number of aromatic nitrogens is 4. The number of carboxylic acids is 1. The number of halogens is 1. The molecule has 0 bridgehead atoms. The number of nitriles is 1. The van der Waals surface area contributed by atoms with Crippen molar-refractivity contribution >= 4 is 50.0 Å². The molecule has 0 aliphatic carbocycles. The molecule has 5 rings (SSSR count). The number of aromatic carboxylic acids is 1. The molecule has 0 amide bonds. The van der Waals surface area contributed by atoms with Crippen LogP contribution in [0.4, 0.5) is 0 Å². The van der Waals surface area contributed by atoms with Crippen molar-refractivity contribution in [1.29, 1.82) is 5.26 Å².